The minimum absolute atomic E-state index is 0.0194. The number of aromatic nitrogens is 1. The lowest BCUT2D eigenvalue weighted by atomic mass is 10.0. The van der Waals surface area contributed by atoms with E-state index in [1.165, 1.54) is 6.92 Å². The van der Waals surface area contributed by atoms with Gasteiger partial charge in [0.15, 0.2) is 17.0 Å². The minimum atomic E-state index is -0.0773. The molecular weight excluding hydrogens is 486 g/mol. The number of pyridine rings is 1. The molecule has 0 fully saturated rings. The fourth-order valence-corrected chi connectivity index (χ4v) is 5.79. The number of rotatable bonds is 5. The van der Waals surface area contributed by atoms with Crippen molar-refractivity contribution < 1.29 is 9.59 Å². The fraction of sp³-hybridized carbons (Fsp3) is 0.182. The van der Waals surface area contributed by atoms with E-state index in [1.807, 2.05) is 67.7 Å². The van der Waals surface area contributed by atoms with Crippen molar-refractivity contribution in [3.63, 3.8) is 0 Å². The standard InChI is InChI=1S/C33H29N3O3/c1-20(36-27-10-6-5-9-25(27)33(39)26-17-23(21(2)37)13-15-28(26)36)19-35-31-12-8-7-11-29(31)34(4)30-16-14-24(22(3)38)18-32(30)35/h5-18,20H,19H2,1-4H3. The zero-order valence-corrected chi connectivity index (χ0v) is 22.4. The number of benzene rings is 4. The normalized spacial score (nSPS) is 13.3. The lowest BCUT2D eigenvalue weighted by molar-refractivity contribution is 0.100. The van der Waals surface area contributed by atoms with Crippen LogP contribution in [-0.2, 0) is 0 Å². The van der Waals surface area contributed by atoms with Crippen molar-refractivity contribution in [2.75, 3.05) is 23.4 Å². The molecule has 0 N–H and O–H groups in total. The molecule has 0 aliphatic carbocycles. The van der Waals surface area contributed by atoms with Crippen LogP contribution in [0.3, 0.4) is 0 Å². The molecule has 194 valence electrons. The van der Waals surface area contributed by atoms with Crippen LogP contribution in [0.25, 0.3) is 21.8 Å². The molecule has 39 heavy (non-hydrogen) atoms. The molecule has 1 atom stereocenters. The summed E-state index contributed by atoms with van der Waals surface area (Å²) in [6, 6.07) is 27.1. The van der Waals surface area contributed by atoms with E-state index < -0.39 is 0 Å². The predicted molar refractivity (Wildman–Crippen MR) is 158 cm³/mol. The number of ketones is 2. The topological polar surface area (TPSA) is 62.6 Å². The quantitative estimate of drug-likeness (QED) is 0.186. The van der Waals surface area contributed by atoms with E-state index in [1.54, 1.807) is 19.1 Å². The van der Waals surface area contributed by atoms with Crippen molar-refractivity contribution in [3.05, 3.63) is 106 Å². The summed E-state index contributed by atoms with van der Waals surface area (Å²) in [6.45, 7) is 5.84. The zero-order chi connectivity index (χ0) is 27.4. The molecule has 0 radical (unpaired) electrons. The molecule has 0 spiro atoms. The molecule has 6 rings (SSSR count). The predicted octanol–water partition coefficient (Wildman–Crippen LogP) is 7.04. The molecule has 0 amide bonds. The van der Waals surface area contributed by atoms with Gasteiger partial charge in [0.25, 0.3) is 0 Å². The third-order valence-electron chi connectivity index (χ3n) is 7.77. The molecule has 0 bridgehead atoms. The number of hydrogen-bond donors (Lipinski definition) is 0. The highest BCUT2D eigenvalue weighted by atomic mass is 16.1. The smallest absolute Gasteiger partial charge is 0.197 e. The van der Waals surface area contributed by atoms with E-state index in [0.29, 0.717) is 28.4 Å². The summed E-state index contributed by atoms with van der Waals surface area (Å²) in [7, 11) is 2.04. The highest BCUT2D eigenvalue weighted by molar-refractivity contribution is 6.01. The average Bonchev–Trinajstić information content (AvgIpc) is 2.95. The highest BCUT2D eigenvalue weighted by Crippen LogP contribution is 2.48. The molecule has 2 heterocycles. The van der Waals surface area contributed by atoms with Gasteiger partial charge in [0.05, 0.1) is 33.8 Å². The van der Waals surface area contributed by atoms with Crippen LogP contribution in [0.15, 0.2) is 89.7 Å². The number of fused-ring (bicyclic) bond motifs is 4. The number of hydrogen-bond acceptors (Lipinski definition) is 5. The molecule has 0 saturated carbocycles. The van der Waals surface area contributed by atoms with Crippen molar-refractivity contribution in [2.24, 2.45) is 0 Å². The molecule has 1 unspecified atom stereocenters. The van der Waals surface area contributed by atoms with Gasteiger partial charge >= 0.3 is 0 Å². The Morgan fingerprint density at radius 1 is 0.692 bits per heavy atom. The number of nitrogens with zero attached hydrogens (tertiary/aromatic N) is 3. The Morgan fingerprint density at radius 3 is 2.03 bits per heavy atom. The molecule has 1 aromatic heterocycles. The van der Waals surface area contributed by atoms with E-state index in [-0.39, 0.29) is 23.0 Å². The van der Waals surface area contributed by atoms with Crippen molar-refractivity contribution in [1.82, 2.24) is 4.57 Å². The van der Waals surface area contributed by atoms with Crippen molar-refractivity contribution >= 4 is 56.1 Å². The lowest BCUT2D eigenvalue weighted by Gasteiger charge is -2.40. The summed E-state index contributed by atoms with van der Waals surface area (Å²) < 4.78 is 2.20. The van der Waals surface area contributed by atoms with Crippen molar-refractivity contribution in [3.8, 4) is 0 Å². The fourth-order valence-electron chi connectivity index (χ4n) is 5.79. The Morgan fingerprint density at radius 2 is 1.28 bits per heavy atom. The van der Waals surface area contributed by atoms with Gasteiger partial charge in [0.2, 0.25) is 0 Å². The van der Waals surface area contributed by atoms with E-state index in [0.717, 1.165) is 33.8 Å². The first-order valence-electron chi connectivity index (χ1n) is 13.1. The number of carbonyl (C=O) groups excluding carboxylic acids is 2. The van der Waals surface area contributed by atoms with Gasteiger partial charge in [0.1, 0.15) is 0 Å². The Bertz CT molecular complexity index is 1870. The first-order valence-corrected chi connectivity index (χ1v) is 13.1. The van der Waals surface area contributed by atoms with Gasteiger partial charge < -0.3 is 14.4 Å². The minimum Gasteiger partial charge on any atom is -0.341 e. The van der Waals surface area contributed by atoms with Crippen molar-refractivity contribution in [2.45, 2.75) is 26.8 Å². The summed E-state index contributed by atoms with van der Waals surface area (Å²) in [5.41, 5.74) is 6.85. The summed E-state index contributed by atoms with van der Waals surface area (Å²) >= 11 is 0. The zero-order valence-electron chi connectivity index (χ0n) is 22.4. The molecule has 5 aromatic rings. The van der Waals surface area contributed by atoms with Crippen LogP contribution >= 0.6 is 0 Å². The average molecular weight is 516 g/mol. The van der Waals surface area contributed by atoms with Gasteiger partial charge in [0, 0.05) is 41.5 Å². The van der Waals surface area contributed by atoms with Crippen LogP contribution in [0, 0.1) is 0 Å². The number of anilines is 4. The van der Waals surface area contributed by atoms with E-state index >= 15 is 0 Å². The van der Waals surface area contributed by atoms with Crippen LogP contribution in [0.1, 0.15) is 47.5 Å². The molecule has 6 nitrogen and oxygen atoms in total. The molecular formula is C33H29N3O3. The first-order chi connectivity index (χ1) is 18.8. The van der Waals surface area contributed by atoms with Crippen LogP contribution in [0.4, 0.5) is 22.7 Å². The summed E-state index contributed by atoms with van der Waals surface area (Å²) in [5, 5.41) is 1.15. The molecule has 6 heteroatoms. The first kappa shape index (κ1) is 24.6. The van der Waals surface area contributed by atoms with Crippen LogP contribution in [0.2, 0.25) is 0 Å². The maximum absolute atomic E-state index is 13.5. The van der Waals surface area contributed by atoms with Crippen molar-refractivity contribution in [1.29, 1.82) is 0 Å². The van der Waals surface area contributed by atoms with Crippen LogP contribution in [0.5, 0.6) is 0 Å². The Hall–Kier alpha value is -4.71. The second-order valence-electron chi connectivity index (χ2n) is 10.3. The Balaban J connectivity index is 1.56. The third-order valence-corrected chi connectivity index (χ3v) is 7.77. The SMILES string of the molecule is CC(=O)c1ccc2c(c1)N(CC(C)n1c3ccccc3c(=O)c3cc(C(C)=O)ccc31)c1ccccc1N2C. The number of carbonyl (C=O) groups is 2. The third kappa shape index (κ3) is 3.91. The Labute approximate surface area is 226 Å². The van der Waals surface area contributed by atoms with Crippen LogP contribution in [-0.4, -0.2) is 29.7 Å². The number of para-hydroxylation sites is 3. The Kier molecular flexibility index (Phi) is 5.83. The largest absolute Gasteiger partial charge is 0.341 e. The van der Waals surface area contributed by atoms with E-state index in [9.17, 15) is 14.4 Å². The van der Waals surface area contributed by atoms with Gasteiger partial charge in [-0.1, -0.05) is 24.3 Å². The molecule has 1 aliphatic rings. The van der Waals surface area contributed by atoms with Gasteiger partial charge in [-0.15, -0.1) is 0 Å². The van der Waals surface area contributed by atoms with Gasteiger partial charge in [-0.3, -0.25) is 14.4 Å². The van der Waals surface area contributed by atoms with Gasteiger partial charge in [-0.25, -0.2) is 0 Å². The molecule has 4 aromatic carbocycles. The molecule has 0 saturated heterocycles. The number of Topliss-reactive ketones (excluding diaryl/α,β-unsaturated/α-hetero) is 2. The van der Waals surface area contributed by atoms with Crippen LogP contribution < -0.4 is 15.2 Å². The highest BCUT2D eigenvalue weighted by Gasteiger charge is 2.29. The van der Waals surface area contributed by atoms with Gasteiger partial charge in [-0.2, -0.15) is 0 Å². The van der Waals surface area contributed by atoms with E-state index in [4.69, 9.17) is 0 Å². The van der Waals surface area contributed by atoms with E-state index in [2.05, 4.69) is 33.4 Å². The maximum atomic E-state index is 13.5. The maximum Gasteiger partial charge on any atom is 0.197 e. The second-order valence-corrected chi connectivity index (χ2v) is 10.3. The summed E-state index contributed by atoms with van der Waals surface area (Å²) in [6.07, 6.45) is 0. The monoisotopic (exact) mass is 515 g/mol. The lowest BCUT2D eigenvalue weighted by Crippen LogP contribution is -2.32. The molecule has 1 aliphatic heterocycles. The van der Waals surface area contributed by atoms with Gasteiger partial charge in [-0.05, 0) is 81.4 Å². The summed E-state index contributed by atoms with van der Waals surface area (Å²) in [5.74, 6) is -0.0537. The second kappa shape index (κ2) is 9.24. The summed E-state index contributed by atoms with van der Waals surface area (Å²) in [4.78, 5) is 42.4.